The number of amides is 1. The topological polar surface area (TPSA) is 104 Å². The number of hydrogen-bond acceptors (Lipinski definition) is 4. The molecule has 156 valence electrons. The summed E-state index contributed by atoms with van der Waals surface area (Å²) in [6.07, 6.45) is 3.39. The fraction of sp³-hybridized carbons (Fsp3) is 0. The number of anilines is 2. The molecule has 1 heterocycles. The second kappa shape index (κ2) is 8.63. The number of hydrogen-bond donors (Lipinski definition) is 3. The number of benzene rings is 3. The van der Waals surface area contributed by atoms with Gasteiger partial charge in [-0.25, -0.2) is 8.42 Å². The number of nitrogens with one attached hydrogen (secondary N) is 3. The lowest BCUT2D eigenvalue weighted by atomic mass is 10.1. The van der Waals surface area contributed by atoms with Crippen LogP contribution in [0.3, 0.4) is 0 Å². The molecule has 7 nitrogen and oxygen atoms in total. The first-order chi connectivity index (χ1) is 14.9. The van der Waals surface area contributed by atoms with Gasteiger partial charge < -0.3 is 5.32 Å². The van der Waals surface area contributed by atoms with Crippen LogP contribution in [0.15, 0.2) is 90.1 Å². The van der Waals surface area contributed by atoms with Gasteiger partial charge >= 0.3 is 0 Å². The number of sulfonamides is 1. The van der Waals surface area contributed by atoms with E-state index in [0.29, 0.717) is 22.0 Å². The quantitative estimate of drug-likeness (QED) is 0.391. The first kappa shape index (κ1) is 20.6. The Balaban J connectivity index is 1.45. The SMILES string of the molecule is O=C(Nc1ccc(-c2cn[nH]c2)c(Cl)c1)c1ccc(NS(=O)(=O)c2ccccc2)cc1. The molecule has 4 rings (SSSR count). The fourth-order valence-corrected chi connectivity index (χ4v) is 4.30. The van der Waals surface area contributed by atoms with Crippen LogP contribution in [0.1, 0.15) is 10.4 Å². The van der Waals surface area contributed by atoms with Gasteiger partial charge in [-0.2, -0.15) is 5.10 Å². The van der Waals surface area contributed by atoms with Crippen LogP contribution in [0.2, 0.25) is 5.02 Å². The molecule has 0 spiro atoms. The summed E-state index contributed by atoms with van der Waals surface area (Å²) < 4.78 is 27.3. The van der Waals surface area contributed by atoms with Crippen molar-refractivity contribution < 1.29 is 13.2 Å². The van der Waals surface area contributed by atoms with E-state index in [4.69, 9.17) is 11.6 Å². The maximum Gasteiger partial charge on any atom is 0.261 e. The molecular formula is C22H17ClN4O3S. The van der Waals surface area contributed by atoms with E-state index in [1.165, 1.54) is 24.3 Å². The summed E-state index contributed by atoms with van der Waals surface area (Å²) in [7, 11) is -3.69. The normalized spacial score (nSPS) is 11.1. The van der Waals surface area contributed by atoms with Crippen molar-refractivity contribution in [3.8, 4) is 11.1 Å². The molecule has 0 aliphatic rings. The molecule has 31 heavy (non-hydrogen) atoms. The molecule has 1 aromatic heterocycles. The molecule has 0 saturated heterocycles. The van der Waals surface area contributed by atoms with Crippen molar-refractivity contribution in [2.75, 3.05) is 10.0 Å². The van der Waals surface area contributed by atoms with E-state index in [9.17, 15) is 13.2 Å². The zero-order valence-electron chi connectivity index (χ0n) is 16.0. The average molecular weight is 453 g/mol. The molecular weight excluding hydrogens is 436 g/mol. The molecule has 0 aliphatic carbocycles. The number of carbonyl (C=O) groups is 1. The molecule has 0 bridgehead atoms. The fourth-order valence-electron chi connectivity index (χ4n) is 2.93. The Labute approximate surface area is 184 Å². The third kappa shape index (κ3) is 4.76. The minimum atomic E-state index is -3.69. The van der Waals surface area contributed by atoms with E-state index >= 15 is 0 Å². The van der Waals surface area contributed by atoms with Crippen molar-refractivity contribution in [1.82, 2.24) is 10.2 Å². The summed E-state index contributed by atoms with van der Waals surface area (Å²) in [5.41, 5.74) is 2.90. The summed E-state index contributed by atoms with van der Waals surface area (Å²) in [4.78, 5) is 12.7. The minimum Gasteiger partial charge on any atom is -0.322 e. The van der Waals surface area contributed by atoms with E-state index in [0.717, 1.165) is 11.1 Å². The van der Waals surface area contributed by atoms with Gasteiger partial charge in [0.15, 0.2) is 0 Å². The Morgan fingerprint density at radius 1 is 0.935 bits per heavy atom. The Bertz CT molecular complexity index is 1310. The van der Waals surface area contributed by atoms with Gasteiger partial charge in [0, 0.05) is 34.3 Å². The van der Waals surface area contributed by atoms with Crippen molar-refractivity contribution >= 4 is 38.9 Å². The Kier molecular flexibility index (Phi) is 5.75. The van der Waals surface area contributed by atoms with Gasteiger partial charge in [0.1, 0.15) is 0 Å². The standard InChI is InChI=1S/C22H17ClN4O3S/c23-21-12-18(10-11-20(21)16-13-24-25-14-16)26-22(28)15-6-8-17(9-7-15)27-31(29,30)19-4-2-1-3-5-19/h1-14,27H,(H,24,25)(H,26,28). The third-order valence-corrected chi connectivity index (χ3v) is 6.20. The first-order valence-electron chi connectivity index (χ1n) is 9.20. The summed E-state index contributed by atoms with van der Waals surface area (Å²) in [5.74, 6) is -0.343. The highest BCUT2D eigenvalue weighted by molar-refractivity contribution is 7.92. The van der Waals surface area contributed by atoms with E-state index in [-0.39, 0.29) is 10.8 Å². The maximum absolute atomic E-state index is 12.5. The molecule has 0 unspecified atom stereocenters. The highest BCUT2D eigenvalue weighted by Gasteiger charge is 2.14. The van der Waals surface area contributed by atoms with Crippen LogP contribution in [0.5, 0.6) is 0 Å². The van der Waals surface area contributed by atoms with Crippen molar-refractivity contribution in [2.45, 2.75) is 4.90 Å². The van der Waals surface area contributed by atoms with Crippen LogP contribution in [0, 0.1) is 0 Å². The second-order valence-corrected chi connectivity index (χ2v) is 8.72. The van der Waals surface area contributed by atoms with Gasteiger partial charge in [0.25, 0.3) is 15.9 Å². The van der Waals surface area contributed by atoms with Crippen LogP contribution < -0.4 is 10.0 Å². The molecule has 3 N–H and O–H groups in total. The van der Waals surface area contributed by atoms with Gasteiger partial charge in [0.05, 0.1) is 16.1 Å². The van der Waals surface area contributed by atoms with Crippen molar-refractivity contribution in [1.29, 1.82) is 0 Å². The van der Waals surface area contributed by atoms with Gasteiger partial charge in [-0.15, -0.1) is 0 Å². The number of rotatable bonds is 6. The van der Waals surface area contributed by atoms with E-state index < -0.39 is 10.0 Å². The molecule has 1 amide bonds. The Hall–Kier alpha value is -3.62. The van der Waals surface area contributed by atoms with Gasteiger partial charge in [-0.3, -0.25) is 14.6 Å². The third-order valence-electron chi connectivity index (χ3n) is 4.49. The molecule has 0 atom stereocenters. The minimum absolute atomic E-state index is 0.160. The molecule has 3 aromatic carbocycles. The molecule has 4 aromatic rings. The number of aromatic amines is 1. The van der Waals surface area contributed by atoms with Crippen molar-refractivity contribution in [3.63, 3.8) is 0 Å². The number of aromatic nitrogens is 2. The van der Waals surface area contributed by atoms with Crippen LogP contribution in [0.4, 0.5) is 11.4 Å². The van der Waals surface area contributed by atoms with E-state index in [1.807, 2.05) is 0 Å². The molecule has 0 fully saturated rings. The summed E-state index contributed by atoms with van der Waals surface area (Å²) in [6.45, 7) is 0. The smallest absolute Gasteiger partial charge is 0.261 e. The lowest BCUT2D eigenvalue weighted by molar-refractivity contribution is 0.102. The highest BCUT2D eigenvalue weighted by Crippen LogP contribution is 2.30. The predicted molar refractivity (Wildman–Crippen MR) is 121 cm³/mol. The Morgan fingerprint density at radius 3 is 2.29 bits per heavy atom. The van der Waals surface area contributed by atoms with Gasteiger partial charge in [-0.05, 0) is 48.5 Å². The molecule has 9 heteroatoms. The lowest BCUT2D eigenvalue weighted by Crippen LogP contribution is -2.14. The second-order valence-electron chi connectivity index (χ2n) is 6.63. The number of nitrogens with zero attached hydrogens (tertiary/aromatic N) is 1. The van der Waals surface area contributed by atoms with Crippen LogP contribution in [0.25, 0.3) is 11.1 Å². The molecule has 0 radical (unpaired) electrons. The van der Waals surface area contributed by atoms with Crippen LogP contribution in [-0.4, -0.2) is 24.5 Å². The van der Waals surface area contributed by atoms with E-state index in [2.05, 4.69) is 20.2 Å². The zero-order chi connectivity index (χ0) is 21.8. The average Bonchev–Trinajstić information content (AvgIpc) is 3.29. The molecule has 0 saturated carbocycles. The van der Waals surface area contributed by atoms with E-state index in [1.54, 1.807) is 60.9 Å². The maximum atomic E-state index is 12.5. The van der Waals surface area contributed by atoms with Gasteiger partial charge in [-0.1, -0.05) is 35.9 Å². The Morgan fingerprint density at radius 2 is 1.65 bits per heavy atom. The van der Waals surface area contributed by atoms with Gasteiger partial charge in [0.2, 0.25) is 0 Å². The van der Waals surface area contributed by atoms with Crippen LogP contribution in [-0.2, 0) is 10.0 Å². The number of H-pyrrole nitrogens is 1. The number of halogens is 1. The first-order valence-corrected chi connectivity index (χ1v) is 11.1. The molecule has 0 aliphatic heterocycles. The lowest BCUT2D eigenvalue weighted by Gasteiger charge is -2.10. The summed E-state index contributed by atoms with van der Waals surface area (Å²) >= 11 is 6.32. The van der Waals surface area contributed by atoms with Crippen LogP contribution >= 0.6 is 11.6 Å². The summed E-state index contributed by atoms with van der Waals surface area (Å²) in [6, 6.07) is 19.4. The zero-order valence-corrected chi connectivity index (χ0v) is 17.6. The highest BCUT2D eigenvalue weighted by atomic mass is 35.5. The number of carbonyl (C=O) groups excluding carboxylic acids is 1. The monoisotopic (exact) mass is 452 g/mol. The summed E-state index contributed by atoms with van der Waals surface area (Å²) in [5, 5.41) is 9.89. The largest absolute Gasteiger partial charge is 0.322 e. The predicted octanol–water partition coefficient (Wildman–Crippen LogP) is 4.78. The van der Waals surface area contributed by atoms with Crippen molar-refractivity contribution in [2.24, 2.45) is 0 Å². The van der Waals surface area contributed by atoms with Crippen molar-refractivity contribution in [3.05, 3.63) is 95.8 Å².